The van der Waals surface area contributed by atoms with Gasteiger partial charge in [0.25, 0.3) is 0 Å². The van der Waals surface area contributed by atoms with Crippen LogP contribution in [0, 0.1) is 0 Å². The summed E-state index contributed by atoms with van der Waals surface area (Å²) in [4.78, 5) is 0. The molecule has 0 radical (unpaired) electrons. The average molecular weight is 272 g/mol. The molecule has 0 unspecified atom stereocenters. The number of nitrogens with one attached hydrogen (secondary N) is 1. The van der Waals surface area contributed by atoms with Crippen LogP contribution in [0.15, 0.2) is 18.2 Å². The Hall–Kier alpha value is -0.770. The first-order chi connectivity index (χ1) is 8.77. The molecule has 0 bridgehead atoms. The van der Waals surface area contributed by atoms with Crippen molar-refractivity contribution in [2.45, 2.75) is 32.7 Å². The number of hydrogen-bond acceptors (Lipinski definition) is 3. The van der Waals surface area contributed by atoms with Crippen molar-refractivity contribution in [1.29, 1.82) is 0 Å². The van der Waals surface area contributed by atoms with Crippen LogP contribution in [0.2, 0.25) is 5.02 Å². The SMILES string of the molecule is CCCOc1ccc(CNCCCCO)cc1Cl. The Balaban J connectivity index is 2.36. The Labute approximate surface area is 114 Å². The highest BCUT2D eigenvalue weighted by molar-refractivity contribution is 6.32. The van der Waals surface area contributed by atoms with Crippen LogP contribution in [0.5, 0.6) is 5.75 Å². The van der Waals surface area contributed by atoms with E-state index in [9.17, 15) is 0 Å². The van der Waals surface area contributed by atoms with Crippen molar-refractivity contribution >= 4 is 11.6 Å². The number of halogens is 1. The summed E-state index contributed by atoms with van der Waals surface area (Å²) in [5.41, 5.74) is 1.15. The topological polar surface area (TPSA) is 41.5 Å². The Kier molecular flexibility index (Phi) is 7.81. The van der Waals surface area contributed by atoms with Crippen LogP contribution in [-0.2, 0) is 6.54 Å². The Morgan fingerprint density at radius 3 is 2.83 bits per heavy atom. The first-order valence-electron chi connectivity index (χ1n) is 6.50. The molecule has 0 saturated heterocycles. The summed E-state index contributed by atoms with van der Waals surface area (Å²) in [7, 11) is 0. The molecule has 0 atom stereocenters. The molecule has 0 aromatic heterocycles. The van der Waals surface area contributed by atoms with E-state index in [-0.39, 0.29) is 6.61 Å². The highest BCUT2D eigenvalue weighted by Crippen LogP contribution is 2.25. The van der Waals surface area contributed by atoms with Crippen molar-refractivity contribution in [3.05, 3.63) is 28.8 Å². The zero-order valence-corrected chi connectivity index (χ0v) is 11.7. The van der Waals surface area contributed by atoms with Gasteiger partial charge in [-0.25, -0.2) is 0 Å². The zero-order chi connectivity index (χ0) is 13.2. The van der Waals surface area contributed by atoms with Crippen molar-refractivity contribution in [3.8, 4) is 5.75 Å². The lowest BCUT2D eigenvalue weighted by molar-refractivity contribution is 0.283. The summed E-state index contributed by atoms with van der Waals surface area (Å²) in [6.07, 6.45) is 2.81. The van der Waals surface area contributed by atoms with Crippen LogP contribution < -0.4 is 10.1 Å². The minimum absolute atomic E-state index is 0.261. The largest absolute Gasteiger partial charge is 0.492 e. The van der Waals surface area contributed by atoms with E-state index in [0.29, 0.717) is 11.6 Å². The molecule has 0 aliphatic heterocycles. The van der Waals surface area contributed by atoms with E-state index in [1.165, 1.54) is 0 Å². The van der Waals surface area contributed by atoms with Gasteiger partial charge in [0.1, 0.15) is 5.75 Å². The van der Waals surface area contributed by atoms with Gasteiger partial charge in [-0.1, -0.05) is 24.6 Å². The number of unbranched alkanes of at least 4 members (excludes halogenated alkanes) is 1. The maximum absolute atomic E-state index is 8.66. The molecule has 3 nitrogen and oxygen atoms in total. The number of hydrogen-bond donors (Lipinski definition) is 2. The second-order valence-corrected chi connectivity index (χ2v) is 4.63. The number of ether oxygens (including phenoxy) is 1. The molecule has 1 aromatic rings. The summed E-state index contributed by atoms with van der Waals surface area (Å²) in [5.74, 6) is 0.752. The van der Waals surface area contributed by atoms with E-state index in [1.54, 1.807) is 0 Å². The predicted octanol–water partition coefficient (Wildman–Crippen LogP) is 2.99. The molecule has 0 aliphatic carbocycles. The third kappa shape index (κ3) is 5.71. The lowest BCUT2D eigenvalue weighted by Gasteiger charge is -2.09. The van der Waals surface area contributed by atoms with E-state index in [1.807, 2.05) is 18.2 Å². The van der Waals surface area contributed by atoms with E-state index in [2.05, 4.69) is 12.2 Å². The molecule has 0 heterocycles. The smallest absolute Gasteiger partial charge is 0.137 e. The van der Waals surface area contributed by atoms with Gasteiger partial charge in [-0.3, -0.25) is 0 Å². The Bertz CT molecular complexity index is 345. The van der Waals surface area contributed by atoms with Gasteiger partial charge >= 0.3 is 0 Å². The van der Waals surface area contributed by atoms with E-state index in [4.69, 9.17) is 21.4 Å². The quantitative estimate of drug-likeness (QED) is 0.679. The fourth-order valence-corrected chi connectivity index (χ4v) is 1.84. The van der Waals surface area contributed by atoms with Crippen LogP contribution in [-0.4, -0.2) is 24.9 Å². The van der Waals surface area contributed by atoms with Crippen molar-refractivity contribution in [1.82, 2.24) is 5.32 Å². The normalized spacial score (nSPS) is 10.6. The van der Waals surface area contributed by atoms with Gasteiger partial charge < -0.3 is 15.2 Å². The van der Waals surface area contributed by atoms with Crippen LogP contribution >= 0.6 is 11.6 Å². The van der Waals surface area contributed by atoms with E-state index >= 15 is 0 Å². The van der Waals surface area contributed by atoms with Gasteiger partial charge in [-0.15, -0.1) is 0 Å². The molecule has 2 N–H and O–H groups in total. The van der Waals surface area contributed by atoms with E-state index in [0.717, 1.165) is 43.7 Å². The first kappa shape index (κ1) is 15.3. The highest BCUT2D eigenvalue weighted by Gasteiger charge is 2.02. The molecular weight excluding hydrogens is 250 g/mol. The maximum atomic E-state index is 8.66. The molecular formula is C14H22ClNO2. The van der Waals surface area contributed by atoms with Crippen molar-refractivity contribution < 1.29 is 9.84 Å². The number of benzene rings is 1. The van der Waals surface area contributed by atoms with Crippen LogP contribution in [0.1, 0.15) is 31.7 Å². The van der Waals surface area contributed by atoms with Crippen molar-refractivity contribution in [2.75, 3.05) is 19.8 Å². The molecule has 0 fully saturated rings. The third-order valence-electron chi connectivity index (χ3n) is 2.55. The predicted molar refractivity (Wildman–Crippen MR) is 75.3 cm³/mol. The number of aliphatic hydroxyl groups is 1. The van der Waals surface area contributed by atoms with Crippen LogP contribution in [0.3, 0.4) is 0 Å². The first-order valence-corrected chi connectivity index (χ1v) is 6.88. The standard InChI is InChI=1S/C14H22ClNO2/c1-2-9-18-14-6-5-12(10-13(14)15)11-16-7-3-4-8-17/h5-6,10,16-17H,2-4,7-9,11H2,1H3. The summed E-state index contributed by atoms with van der Waals surface area (Å²) >= 11 is 6.14. The monoisotopic (exact) mass is 271 g/mol. The summed E-state index contributed by atoms with van der Waals surface area (Å²) < 4.78 is 5.52. The van der Waals surface area contributed by atoms with Gasteiger partial charge in [-0.2, -0.15) is 0 Å². The second kappa shape index (κ2) is 9.20. The maximum Gasteiger partial charge on any atom is 0.137 e. The molecule has 1 aromatic carbocycles. The molecule has 18 heavy (non-hydrogen) atoms. The van der Waals surface area contributed by atoms with Crippen molar-refractivity contribution in [2.24, 2.45) is 0 Å². The van der Waals surface area contributed by atoms with Crippen molar-refractivity contribution in [3.63, 3.8) is 0 Å². The molecule has 0 aliphatic rings. The van der Waals surface area contributed by atoms with Gasteiger partial charge in [0.15, 0.2) is 0 Å². The minimum Gasteiger partial charge on any atom is -0.492 e. The number of aliphatic hydroxyl groups excluding tert-OH is 1. The molecule has 0 spiro atoms. The minimum atomic E-state index is 0.261. The lowest BCUT2D eigenvalue weighted by Crippen LogP contribution is -2.15. The Morgan fingerprint density at radius 1 is 1.33 bits per heavy atom. The third-order valence-corrected chi connectivity index (χ3v) is 2.84. The molecule has 102 valence electrons. The Morgan fingerprint density at radius 2 is 2.17 bits per heavy atom. The zero-order valence-electron chi connectivity index (χ0n) is 10.9. The van der Waals surface area contributed by atoms with Gasteiger partial charge in [0.05, 0.1) is 11.6 Å². The van der Waals surface area contributed by atoms with E-state index < -0.39 is 0 Å². The average Bonchev–Trinajstić information content (AvgIpc) is 2.37. The van der Waals surface area contributed by atoms with Crippen LogP contribution in [0.25, 0.3) is 0 Å². The molecule has 4 heteroatoms. The van der Waals surface area contributed by atoms with Gasteiger partial charge in [0, 0.05) is 13.2 Å². The second-order valence-electron chi connectivity index (χ2n) is 4.22. The fraction of sp³-hybridized carbons (Fsp3) is 0.571. The molecule has 0 saturated carbocycles. The highest BCUT2D eigenvalue weighted by atomic mass is 35.5. The summed E-state index contributed by atoms with van der Waals surface area (Å²) in [6, 6.07) is 5.88. The van der Waals surface area contributed by atoms with Gasteiger partial charge in [0.2, 0.25) is 0 Å². The summed E-state index contributed by atoms with van der Waals surface area (Å²) in [5, 5.41) is 12.6. The molecule has 1 rings (SSSR count). The summed E-state index contributed by atoms with van der Waals surface area (Å²) in [6.45, 7) is 4.72. The number of rotatable bonds is 9. The lowest BCUT2D eigenvalue weighted by atomic mass is 10.2. The van der Waals surface area contributed by atoms with Gasteiger partial charge in [-0.05, 0) is 43.5 Å². The fourth-order valence-electron chi connectivity index (χ4n) is 1.58. The van der Waals surface area contributed by atoms with Crippen LogP contribution in [0.4, 0.5) is 0 Å². The molecule has 0 amide bonds.